The standard InChI is InChI=1S/C14H15Cl2N3O/c1-3-4-17-14-13(20-2)12(18-8-19-14)9-5-10(15)7-11(16)6-9/h5-8H,3-4H2,1-2H3,(H,17,18,19). The quantitative estimate of drug-likeness (QED) is 0.895. The van der Waals surface area contributed by atoms with Gasteiger partial charge in [0.2, 0.25) is 0 Å². The number of hydrogen-bond donors (Lipinski definition) is 1. The van der Waals surface area contributed by atoms with Crippen LogP contribution in [0, 0.1) is 0 Å². The molecule has 1 heterocycles. The summed E-state index contributed by atoms with van der Waals surface area (Å²) in [6.07, 6.45) is 2.48. The van der Waals surface area contributed by atoms with E-state index in [0.717, 1.165) is 18.5 Å². The van der Waals surface area contributed by atoms with Gasteiger partial charge in [0.15, 0.2) is 11.6 Å². The van der Waals surface area contributed by atoms with Gasteiger partial charge in [-0.2, -0.15) is 0 Å². The van der Waals surface area contributed by atoms with Gasteiger partial charge >= 0.3 is 0 Å². The molecule has 0 fully saturated rings. The second-order valence-electron chi connectivity index (χ2n) is 4.19. The third-order valence-electron chi connectivity index (χ3n) is 2.69. The average molecular weight is 312 g/mol. The first-order valence-corrected chi connectivity index (χ1v) is 7.00. The van der Waals surface area contributed by atoms with E-state index in [1.165, 1.54) is 6.33 Å². The highest BCUT2D eigenvalue weighted by atomic mass is 35.5. The largest absolute Gasteiger partial charge is 0.491 e. The fourth-order valence-corrected chi connectivity index (χ4v) is 2.36. The Labute approximate surface area is 128 Å². The lowest BCUT2D eigenvalue weighted by Crippen LogP contribution is -2.05. The first-order chi connectivity index (χ1) is 9.65. The van der Waals surface area contributed by atoms with E-state index in [1.54, 1.807) is 25.3 Å². The van der Waals surface area contributed by atoms with E-state index >= 15 is 0 Å². The molecule has 0 aliphatic heterocycles. The molecular weight excluding hydrogens is 297 g/mol. The van der Waals surface area contributed by atoms with Crippen LogP contribution >= 0.6 is 23.2 Å². The molecular formula is C14H15Cl2N3O. The molecule has 20 heavy (non-hydrogen) atoms. The van der Waals surface area contributed by atoms with E-state index in [9.17, 15) is 0 Å². The Morgan fingerprint density at radius 3 is 2.45 bits per heavy atom. The number of aromatic nitrogens is 2. The zero-order chi connectivity index (χ0) is 14.5. The summed E-state index contributed by atoms with van der Waals surface area (Å²) >= 11 is 12.1. The van der Waals surface area contributed by atoms with E-state index in [2.05, 4.69) is 22.2 Å². The van der Waals surface area contributed by atoms with Crippen molar-refractivity contribution >= 4 is 29.0 Å². The molecule has 0 radical (unpaired) electrons. The third kappa shape index (κ3) is 3.32. The lowest BCUT2D eigenvalue weighted by atomic mass is 10.1. The van der Waals surface area contributed by atoms with E-state index in [1.807, 2.05) is 0 Å². The van der Waals surface area contributed by atoms with Gasteiger partial charge in [-0.05, 0) is 24.6 Å². The summed E-state index contributed by atoms with van der Waals surface area (Å²) in [6.45, 7) is 2.89. The predicted molar refractivity (Wildman–Crippen MR) is 82.8 cm³/mol. The smallest absolute Gasteiger partial charge is 0.187 e. The van der Waals surface area contributed by atoms with Gasteiger partial charge < -0.3 is 10.1 Å². The van der Waals surface area contributed by atoms with Gasteiger partial charge in [0.1, 0.15) is 12.0 Å². The Balaban J connectivity index is 2.50. The number of benzene rings is 1. The van der Waals surface area contributed by atoms with Crippen LogP contribution in [0.15, 0.2) is 24.5 Å². The topological polar surface area (TPSA) is 47.0 Å². The summed E-state index contributed by atoms with van der Waals surface area (Å²) in [6, 6.07) is 5.26. The van der Waals surface area contributed by atoms with Crippen molar-refractivity contribution in [3.8, 4) is 17.0 Å². The van der Waals surface area contributed by atoms with Crippen LogP contribution in [0.3, 0.4) is 0 Å². The number of hydrogen-bond acceptors (Lipinski definition) is 4. The van der Waals surface area contributed by atoms with Crippen LogP contribution in [0.2, 0.25) is 10.0 Å². The van der Waals surface area contributed by atoms with Crippen molar-refractivity contribution in [3.05, 3.63) is 34.6 Å². The fraction of sp³-hybridized carbons (Fsp3) is 0.286. The highest BCUT2D eigenvalue weighted by Gasteiger charge is 2.14. The Kier molecular flexibility index (Phi) is 5.04. The lowest BCUT2D eigenvalue weighted by Gasteiger charge is -2.13. The van der Waals surface area contributed by atoms with Gasteiger partial charge in [0, 0.05) is 22.2 Å². The summed E-state index contributed by atoms with van der Waals surface area (Å²) in [4.78, 5) is 8.48. The Morgan fingerprint density at radius 1 is 1.15 bits per heavy atom. The lowest BCUT2D eigenvalue weighted by molar-refractivity contribution is 0.414. The van der Waals surface area contributed by atoms with Crippen LogP contribution in [0.1, 0.15) is 13.3 Å². The molecule has 2 rings (SSSR count). The minimum absolute atomic E-state index is 0.552. The molecule has 0 spiro atoms. The van der Waals surface area contributed by atoms with Crippen LogP contribution in [0.25, 0.3) is 11.3 Å². The first kappa shape index (κ1) is 14.9. The highest BCUT2D eigenvalue weighted by Crippen LogP contribution is 2.35. The predicted octanol–water partition coefficient (Wildman–Crippen LogP) is 4.28. The minimum Gasteiger partial charge on any atom is -0.491 e. The molecule has 0 bridgehead atoms. The van der Waals surface area contributed by atoms with Crippen molar-refractivity contribution in [2.45, 2.75) is 13.3 Å². The van der Waals surface area contributed by atoms with Crippen molar-refractivity contribution in [1.82, 2.24) is 9.97 Å². The number of nitrogens with one attached hydrogen (secondary N) is 1. The summed E-state index contributed by atoms with van der Waals surface area (Å²) < 4.78 is 5.43. The molecule has 1 aromatic carbocycles. The average Bonchev–Trinajstić information content (AvgIpc) is 2.43. The molecule has 0 unspecified atom stereocenters. The molecule has 0 aliphatic rings. The van der Waals surface area contributed by atoms with Crippen molar-refractivity contribution < 1.29 is 4.74 Å². The number of methoxy groups -OCH3 is 1. The number of nitrogens with zero attached hydrogens (tertiary/aromatic N) is 2. The summed E-state index contributed by atoms with van der Waals surface area (Å²) in [5.74, 6) is 1.25. The second-order valence-corrected chi connectivity index (χ2v) is 5.06. The number of ether oxygens (including phenoxy) is 1. The minimum atomic E-state index is 0.552. The van der Waals surface area contributed by atoms with Gasteiger partial charge in [-0.25, -0.2) is 9.97 Å². The zero-order valence-electron chi connectivity index (χ0n) is 11.3. The zero-order valence-corrected chi connectivity index (χ0v) is 12.8. The first-order valence-electron chi connectivity index (χ1n) is 6.25. The van der Waals surface area contributed by atoms with Crippen molar-refractivity contribution in [3.63, 3.8) is 0 Å². The summed E-state index contributed by atoms with van der Waals surface area (Å²) in [5, 5.41) is 4.32. The van der Waals surface area contributed by atoms with Gasteiger partial charge in [0.05, 0.1) is 7.11 Å². The molecule has 0 saturated heterocycles. The maximum Gasteiger partial charge on any atom is 0.187 e. The summed E-state index contributed by atoms with van der Waals surface area (Å²) in [5.41, 5.74) is 1.45. The number of anilines is 1. The van der Waals surface area contributed by atoms with Crippen molar-refractivity contribution in [1.29, 1.82) is 0 Å². The van der Waals surface area contributed by atoms with Gasteiger partial charge in [-0.3, -0.25) is 0 Å². The molecule has 0 saturated carbocycles. The summed E-state index contributed by atoms with van der Waals surface area (Å²) in [7, 11) is 1.59. The second kappa shape index (κ2) is 6.77. The van der Waals surface area contributed by atoms with Crippen molar-refractivity contribution in [2.24, 2.45) is 0 Å². The van der Waals surface area contributed by atoms with Crippen LogP contribution in [-0.4, -0.2) is 23.6 Å². The van der Waals surface area contributed by atoms with Crippen LogP contribution in [0.5, 0.6) is 5.75 Å². The molecule has 0 amide bonds. The van der Waals surface area contributed by atoms with E-state index in [4.69, 9.17) is 27.9 Å². The molecule has 106 valence electrons. The normalized spacial score (nSPS) is 10.4. The van der Waals surface area contributed by atoms with Crippen LogP contribution in [0.4, 0.5) is 5.82 Å². The molecule has 4 nitrogen and oxygen atoms in total. The molecule has 0 atom stereocenters. The molecule has 1 aromatic heterocycles. The number of halogens is 2. The van der Waals surface area contributed by atoms with Gasteiger partial charge in [-0.15, -0.1) is 0 Å². The monoisotopic (exact) mass is 311 g/mol. The van der Waals surface area contributed by atoms with E-state index < -0.39 is 0 Å². The highest BCUT2D eigenvalue weighted by molar-refractivity contribution is 6.35. The Hall–Kier alpha value is -1.52. The van der Waals surface area contributed by atoms with E-state index in [-0.39, 0.29) is 0 Å². The van der Waals surface area contributed by atoms with E-state index in [0.29, 0.717) is 27.3 Å². The van der Waals surface area contributed by atoms with Crippen LogP contribution in [-0.2, 0) is 0 Å². The number of rotatable bonds is 5. The maximum atomic E-state index is 6.03. The molecule has 6 heteroatoms. The van der Waals surface area contributed by atoms with Crippen LogP contribution < -0.4 is 10.1 Å². The van der Waals surface area contributed by atoms with Gasteiger partial charge in [-0.1, -0.05) is 30.1 Å². The molecule has 1 N–H and O–H groups in total. The Bertz CT molecular complexity index is 585. The maximum absolute atomic E-state index is 6.03. The third-order valence-corrected chi connectivity index (χ3v) is 3.12. The van der Waals surface area contributed by atoms with Crippen molar-refractivity contribution in [2.75, 3.05) is 19.0 Å². The molecule has 0 aliphatic carbocycles. The SMILES string of the molecule is CCCNc1ncnc(-c2cc(Cl)cc(Cl)c2)c1OC. The Morgan fingerprint density at radius 2 is 1.85 bits per heavy atom. The van der Waals surface area contributed by atoms with Gasteiger partial charge in [0.25, 0.3) is 0 Å². The molecule has 2 aromatic rings. The fourth-order valence-electron chi connectivity index (χ4n) is 1.83.